The number of nitrogens with one attached hydrogen (secondary N) is 1. The Balaban J connectivity index is 2.07. The Hall–Kier alpha value is -1.55. The molecule has 1 aromatic carbocycles. The van der Waals surface area contributed by atoms with E-state index in [0.29, 0.717) is 12.5 Å². The Morgan fingerprint density at radius 1 is 1.38 bits per heavy atom. The van der Waals surface area contributed by atoms with E-state index in [1.54, 1.807) is 7.11 Å². The third kappa shape index (κ3) is 3.21. The Morgan fingerprint density at radius 2 is 2.05 bits per heavy atom. The van der Waals surface area contributed by atoms with Crippen LogP contribution in [-0.2, 0) is 11.3 Å². The predicted molar refractivity (Wildman–Crippen MR) is 84.2 cm³/mol. The molecule has 0 bridgehead atoms. The zero-order chi connectivity index (χ0) is 15.5. The van der Waals surface area contributed by atoms with Gasteiger partial charge in [-0.25, -0.2) is 0 Å². The van der Waals surface area contributed by atoms with Crippen molar-refractivity contribution in [3.63, 3.8) is 0 Å². The van der Waals surface area contributed by atoms with Gasteiger partial charge < -0.3 is 15.0 Å². The second kappa shape index (κ2) is 6.48. The monoisotopic (exact) mass is 290 g/mol. The van der Waals surface area contributed by atoms with Crippen molar-refractivity contribution in [1.82, 2.24) is 10.2 Å². The molecule has 0 aliphatic carbocycles. The van der Waals surface area contributed by atoms with Crippen molar-refractivity contribution in [3.8, 4) is 5.75 Å². The van der Waals surface area contributed by atoms with Crippen LogP contribution in [0.4, 0.5) is 0 Å². The highest BCUT2D eigenvalue weighted by Gasteiger charge is 2.45. The Kier molecular flexibility index (Phi) is 4.88. The van der Waals surface area contributed by atoms with E-state index in [-0.39, 0.29) is 11.3 Å². The third-order valence-corrected chi connectivity index (χ3v) is 4.64. The van der Waals surface area contributed by atoms with Crippen molar-refractivity contribution in [3.05, 3.63) is 29.8 Å². The average molecular weight is 290 g/mol. The number of ether oxygens (including phenoxy) is 1. The second-order valence-electron chi connectivity index (χ2n) is 6.25. The summed E-state index contributed by atoms with van der Waals surface area (Å²) in [5, 5.41) is 3.35. The van der Waals surface area contributed by atoms with Gasteiger partial charge in [0.15, 0.2) is 0 Å². The summed E-state index contributed by atoms with van der Waals surface area (Å²) in [5.41, 5.74) is 0.873. The van der Waals surface area contributed by atoms with E-state index in [2.05, 4.69) is 19.2 Å². The molecular formula is C17H26N2O2. The van der Waals surface area contributed by atoms with Gasteiger partial charge in [0.25, 0.3) is 0 Å². The van der Waals surface area contributed by atoms with Crippen LogP contribution < -0.4 is 10.1 Å². The molecule has 21 heavy (non-hydrogen) atoms. The number of hydrogen-bond donors (Lipinski definition) is 1. The molecule has 1 atom stereocenters. The van der Waals surface area contributed by atoms with E-state index in [1.165, 1.54) is 0 Å². The highest BCUT2D eigenvalue weighted by atomic mass is 16.5. The minimum Gasteiger partial charge on any atom is -0.497 e. The highest BCUT2D eigenvalue weighted by Crippen LogP contribution is 2.36. The Bertz CT molecular complexity index is 476. The number of hydrogen-bond acceptors (Lipinski definition) is 3. The van der Waals surface area contributed by atoms with Crippen LogP contribution in [0.2, 0.25) is 0 Å². The van der Waals surface area contributed by atoms with Crippen molar-refractivity contribution in [2.45, 2.75) is 26.8 Å². The van der Waals surface area contributed by atoms with Crippen molar-refractivity contribution in [1.29, 1.82) is 0 Å². The number of rotatable bonds is 5. The van der Waals surface area contributed by atoms with Gasteiger partial charge in [-0.3, -0.25) is 4.79 Å². The van der Waals surface area contributed by atoms with Gasteiger partial charge >= 0.3 is 0 Å². The van der Waals surface area contributed by atoms with Crippen LogP contribution in [0.1, 0.15) is 25.8 Å². The number of methoxy groups -OCH3 is 1. The lowest BCUT2D eigenvalue weighted by molar-refractivity contribution is -0.142. The summed E-state index contributed by atoms with van der Waals surface area (Å²) in [4.78, 5) is 14.8. The summed E-state index contributed by atoms with van der Waals surface area (Å²) < 4.78 is 5.16. The molecule has 1 aliphatic rings. The Labute approximate surface area is 127 Å². The van der Waals surface area contributed by atoms with Gasteiger partial charge in [-0.1, -0.05) is 26.0 Å². The minimum atomic E-state index is -0.249. The fraction of sp³-hybridized carbons (Fsp3) is 0.588. The second-order valence-corrected chi connectivity index (χ2v) is 6.25. The van der Waals surface area contributed by atoms with E-state index in [0.717, 1.165) is 30.8 Å². The summed E-state index contributed by atoms with van der Waals surface area (Å²) in [6.45, 7) is 6.65. The first-order chi connectivity index (χ1) is 9.99. The van der Waals surface area contributed by atoms with Crippen molar-refractivity contribution in [2.75, 3.05) is 27.2 Å². The number of benzene rings is 1. The van der Waals surface area contributed by atoms with Crippen molar-refractivity contribution >= 4 is 5.91 Å². The minimum absolute atomic E-state index is 0.248. The Morgan fingerprint density at radius 3 is 2.52 bits per heavy atom. The maximum Gasteiger partial charge on any atom is 0.230 e. The molecular weight excluding hydrogens is 264 g/mol. The topological polar surface area (TPSA) is 41.6 Å². The molecule has 2 rings (SSSR count). The molecule has 1 aliphatic heterocycles. The molecule has 0 spiro atoms. The fourth-order valence-corrected chi connectivity index (χ4v) is 3.09. The van der Waals surface area contributed by atoms with Crippen LogP contribution in [0.15, 0.2) is 24.3 Å². The molecule has 1 N–H and O–H groups in total. The zero-order valence-electron chi connectivity index (χ0n) is 13.5. The molecule has 1 saturated heterocycles. The molecule has 4 heteroatoms. The van der Waals surface area contributed by atoms with E-state index in [9.17, 15) is 4.79 Å². The number of carbonyl (C=O) groups excluding carboxylic acids is 1. The summed E-state index contributed by atoms with van der Waals surface area (Å²) in [6.07, 6.45) is 0.927. The number of carbonyl (C=O) groups is 1. The van der Waals surface area contributed by atoms with Crippen LogP contribution in [0.25, 0.3) is 0 Å². The van der Waals surface area contributed by atoms with E-state index in [1.807, 2.05) is 36.2 Å². The highest BCUT2D eigenvalue weighted by molar-refractivity contribution is 5.83. The van der Waals surface area contributed by atoms with Crippen LogP contribution in [0.5, 0.6) is 5.75 Å². The smallest absolute Gasteiger partial charge is 0.230 e. The van der Waals surface area contributed by atoms with Crippen molar-refractivity contribution in [2.24, 2.45) is 11.3 Å². The van der Waals surface area contributed by atoms with Crippen LogP contribution in [0, 0.1) is 11.3 Å². The van der Waals surface area contributed by atoms with Crippen molar-refractivity contribution < 1.29 is 9.53 Å². The van der Waals surface area contributed by atoms with Crippen LogP contribution >= 0.6 is 0 Å². The van der Waals surface area contributed by atoms with E-state index < -0.39 is 0 Å². The average Bonchev–Trinajstić information content (AvgIpc) is 2.98. The largest absolute Gasteiger partial charge is 0.497 e. The molecule has 1 fully saturated rings. The summed E-state index contributed by atoms with van der Waals surface area (Å²) in [7, 11) is 3.55. The maximum absolute atomic E-state index is 12.9. The molecule has 0 radical (unpaired) electrons. The first-order valence-corrected chi connectivity index (χ1v) is 7.59. The SMILES string of the molecule is COc1ccc(CN(C)C(=O)C2(C(C)C)CCNC2)cc1. The first-order valence-electron chi connectivity index (χ1n) is 7.59. The zero-order valence-corrected chi connectivity index (χ0v) is 13.5. The standard InChI is InChI=1S/C17H26N2O2/c1-13(2)17(9-10-18-12-17)16(20)19(3)11-14-5-7-15(21-4)8-6-14/h5-8,13,18H,9-12H2,1-4H3. The summed E-state index contributed by atoms with van der Waals surface area (Å²) >= 11 is 0. The van der Waals surface area contributed by atoms with Gasteiger partial charge in [0.1, 0.15) is 5.75 Å². The first kappa shape index (κ1) is 15.8. The van der Waals surface area contributed by atoms with E-state index >= 15 is 0 Å². The maximum atomic E-state index is 12.9. The van der Waals surface area contributed by atoms with Crippen LogP contribution in [0.3, 0.4) is 0 Å². The number of amides is 1. The normalized spacial score (nSPS) is 21.6. The third-order valence-electron chi connectivity index (χ3n) is 4.64. The fourth-order valence-electron chi connectivity index (χ4n) is 3.09. The molecule has 1 amide bonds. The van der Waals surface area contributed by atoms with Gasteiger partial charge in [0.05, 0.1) is 12.5 Å². The molecule has 1 heterocycles. The van der Waals surface area contributed by atoms with Gasteiger partial charge in [-0.15, -0.1) is 0 Å². The quantitative estimate of drug-likeness (QED) is 0.904. The summed E-state index contributed by atoms with van der Waals surface area (Å²) in [5.74, 6) is 1.43. The predicted octanol–water partition coefficient (Wildman–Crippen LogP) is 2.29. The number of nitrogens with zero attached hydrogens (tertiary/aromatic N) is 1. The lowest BCUT2D eigenvalue weighted by Gasteiger charge is -2.35. The lowest BCUT2D eigenvalue weighted by atomic mass is 9.75. The molecule has 0 aromatic heterocycles. The van der Waals surface area contributed by atoms with Gasteiger partial charge in [0, 0.05) is 20.1 Å². The van der Waals surface area contributed by atoms with Gasteiger partial charge in [-0.05, 0) is 36.6 Å². The van der Waals surface area contributed by atoms with Crippen LogP contribution in [-0.4, -0.2) is 38.1 Å². The summed E-state index contributed by atoms with van der Waals surface area (Å²) in [6, 6.07) is 7.89. The molecule has 0 saturated carbocycles. The molecule has 116 valence electrons. The molecule has 4 nitrogen and oxygen atoms in total. The lowest BCUT2D eigenvalue weighted by Crippen LogP contribution is -2.46. The molecule has 1 unspecified atom stereocenters. The van der Waals surface area contributed by atoms with E-state index in [4.69, 9.17) is 4.74 Å². The molecule has 1 aromatic rings. The van der Waals surface area contributed by atoms with Gasteiger partial charge in [0.2, 0.25) is 5.91 Å². The van der Waals surface area contributed by atoms with Gasteiger partial charge in [-0.2, -0.15) is 0 Å².